The van der Waals surface area contributed by atoms with Crippen LogP contribution in [0.1, 0.15) is 33.1 Å². The van der Waals surface area contributed by atoms with Crippen LogP contribution in [0.4, 0.5) is 0 Å². The molecule has 1 aliphatic carbocycles. The van der Waals surface area contributed by atoms with Crippen molar-refractivity contribution in [2.24, 2.45) is 11.7 Å². The number of rotatable bonds is 2. The summed E-state index contributed by atoms with van der Waals surface area (Å²) in [6.07, 6.45) is 7.73. The van der Waals surface area contributed by atoms with Crippen molar-refractivity contribution in [3.05, 3.63) is 12.2 Å². The summed E-state index contributed by atoms with van der Waals surface area (Å²) in [6, 6.07) is 0. The fourth-order valence-electron chi connectivity index (χ4n) is 1.85. The van der Waals surface area contributed by atoms with Gasteiger partial charge in [-0.05, 0) is 32.1 Å². The predicted octanol–water partition coefficient (Wildman–Crippen LogP) is 2.08. The molecule has 0 spiro atoms. The Balaban J connectivity index is 2.27. The van der Waals surface area contributed by atoms with E-state index in [1.807, 2.05) is 6.92 Å². The molecule has 0 radical (unpaired) electrons. The quantitative estimate of drug-likeness (QED) is 0.582. The van der Waals surface area contributed by atoms with Crippen molar-refractivity contribution in [1.82, 2.24) is 0 Å². The van der Waals surface area contributed by atoms with Crippen molar-refractivity contribution >= 4 is 0 Å². The lowest BCUT2D eigenvalue weighted by atomic mass is 9.68. The highest BCUT2D eigenvalue weighted by Gasteiger charge is 2.36. The predicted molar refractivity (Wildman–Crippen MR) is 44.7 cm³/mol. The molecule has 0 bridgehead atoms. The Bertz CT molecular complexity index is 132. The van der Waals surface area contributed by atoms with Gasteiger partial charge >= 0.3 is 0 Å². The first kappa shape index (κ1) is 7.80. The van der Waals surface area contributed by atoms with Crippen molar-refractivity contribution < 1.29 is 0 Å². The van der Waals surface area contributed by atoms with E-state index in [1.54, 1.807) is 0 Å². The monoisotopic (exact) mass is 139 g/mol. The first-order chi connectivity index (χ1) is 4.66. The molecule has 0 unspecified atom stereocenters. The van der Waals surface area contributed by atoms with Gasteiger partial charge in [-0.15, -0.1) is 0 Å². The maximum atomic E-state index is 6.03. The van der Waals surface area contributed by atoms with E-state index in [4.69, 9.17) is 5.73 Å². The topological polar surface area (TPSA) is 26.0 Å². The normalized spacial score (nSPS) is 40.1. The number of nitrogens with two attached hydrogens (primary N) is 1. The molecule has 0 aromatic rings. The summed E-state index contributed by atoms with van der Waals surface area (Å²) in [6.45, 7) is 4.31. The molecule has 58 valence electrons. The zero-order valence-electron chi connectivity index (χ0n) is 6.93. The maximum absolute atomic E-state index is 6.03. The zero-order chi connectivity index (χ0) is 7.61. The fraction of sp³-hybridized carbons (Fsp3) is 0.778. The molecule has 0 aromatic heterocycles. The molecule has 10 heavy (non-hydrogen) atoms. The van der Waals surface area contributed by atoms with E-state index in [-0.39, 0.29) is 5.54 Å². The average Bonchev–Trinajstić information content (AvgIpc) is 1.81. The van der Waals surface area contributed by atoms with Gasteiger partial charge in [-0.2, -0.15) is 0 Å². The van der Waals surface area contributed by atoms with Gasteiger partial charge in [0.15, 0.2) is 0 Å². The van der Waals surface area contributed by atoms with Crippen LogP contribution >= 0.6 is 0 Å². The van der Waals surface area contributed by atoms with E-state index in [0.717, 1.165) is 12.3 Å². The van der Waals surface area contributed by atoms with E-state index >= 15 is 0 Å². The third kappa shape index (κ3) is 1.60. The summed E-state index contributed by atoms with van der Waals surface area (Å²) in [5, 5.41) is 0. The summed E-state index contributed by atoms with van der Waals surface area (Å²) in [5.41, 5.74) is 6.19. The molecular formula is C9H17N. The molecule has 1 aliphatic rings. The van der Waals surface area contributed by atoms with E-state index in [1.165, 1.54) is 12.8 Å². The molecule has 0 atom stereocenters. The zero-order valence-corrected chi connectivity index (χ0v) is 6.93. The second-order valence-corrected chi connectivity index (χ2v) is 3.65. The van der Waals surface area contributed by atoms with Gasteiger partial charge in [0, 0.05) is 5.54 Å². The van der Waals surface area contributed by atoms with Crippen LogP contribution in [0.3, 0.4) is 0 Å². The molecule has 0 aromatic carbocycles. The largest absolute Gasteiger partial charge is 0.325 e. The van der Waals surface area contributed by atoms with Crippen LogP contribution in [0.2, 0.25) is 0 Å². The summed E-state index contributed by atoms with van der Waals surface area (Å²) < 4.78 is 0. The molecule has 1 heteroatoms. The smallest absolute Gasteiger partial charge is 0.0194 e. The van der Waals surface area contributed by atoms with Crippen LogP contribution in [-0.2, 0) is 0 Å². The van der Waals surface area contributed by atoms with Gasteiger partial charge in [-0.1, -0.05) is 19.1 Å². The first-order valence-electron chi connectivity index (χ1n) is 4.06. The molecular weight excluding hydrogens is 122 g/mol. The second kappa shape index (κ2) is 2.75. The summed E-state index contributed by atoms with van der Waals surface area (Å²) >= 11 is 0. The van der Waals surface area contributed by atoms with Crippen molar-refractivity contribution in [1.29, 1.82) is 0 Å². The lowest BCUT2D eigenvalue weighted by Gasteiger charge is -2.43. The minimum atomic E-state index is 0.159. The van der Waals surface area contributed by atoms with Crippen LogP contribution in [0.5, 0.6) is 0 Å². The van der Waals surface area contributed by atoms with Crippen molar-refractivity contribution in [2.45, 2.75) is 38.6 Å². The Labute approximate surface area is 63.3 Å². The molecule has 0 aliphatic heterocycles. The van der Waals surface area contributed by atoms with E-state index in [0.29, 0.717) is 0 Å². The van der Waals surface area contributed by atoms with Crippen LogP contribution in [0.15, 0.2) is 12.2 Å². The van der Waals surface area contributed by atoms with Crippen molar-refractivity contribution in [3.8, 4) is 0 Å². The van der Waals surface area contributed by atoms with Gasteiger partial charge in [-0.3, -0.25) is 0 Å². The molecule has 0 saturated heterocycles. The minimum absolute atomic E-state index is 0.159. The Hall–Kier alpha value is -0.300. The molecule has 0 heterocycles. The van der Waals surface area contributed by atoms with Crippen LogP contribution in [0, 0.1) is 5.92 Å². The highest BCUT2D eigenvalue weighted by atomic mass is 14.8. The first-order valence-corrected chi connectivity index (χ1v) is 4.06. The average molecular weight is 139 g/mol. The fourth-order valence-corrected chi connectivity index (χ4v) is 1.85. The van der Waals surface area contributed by atoms with Crippen molar-refractivity contribution in [3.63, 3.8) is 0 Å². The Morgan fingerprint density at radius 1 is 1.60 bits per heavy atom. The Morgan fingerprint density at radius 2 is 2.20 bits per heavy atom. The standard InChI is InChI=1S/C9H17N/c1-3-4-5-9(10)6-8(2)7-9/h3-4,8H,5-7,10H2,1-2H3/b4-3+. The number of allylic oxidation sites excluding steroid dienone is 1. The highest BCUT2D eigenvalue weighted by Crippen LogP contribution is 2.37. The van der Waals surface area contributed by atoms with Gasteiger partial charge in [0.25, 0.3) is 0 Å². The van der Waals surface area contributed by atoms with Gasteiger partial charge < -0.3 is 5.73 Å². The van der Waals surface area contributed by atoms with Crippen LogP contribution < -0.4 is 5.73 Å². The van der Waals surface area contributed by atoms with Gasteiger partial charge in [-0.25, -0.2) is 0 Å². The number of hydrogen-bond acceptors (Lipinski definition) is 1. The Morgan fingerprint density at radius 3 is 2.60 bits per heavy atom. The highest BCUT2D eigenvalue weighted by molar-refractivity contribution is 5.01. The lowest BCUT2D eigenvalue weighted by molar-refractivity contribution is 0.166. The van der Waals surface area contributed by atoms with Gasteiger partial charge in [0.2, 0.25) is 0 Å². The minimum Gasteiger partial charge on any atom is -0.325 e. The molecule has 1 fully saturated rings. The SMILES string of the molecule is C/C=C/CC1(N)CC(C)C1. The second-order valence-electron chi connectivity index (χ2n) is 3.65. The molecule has 1 rings (SSSR count). The maximum Gasteiger partial charge on any atom is 0.0194 e. The third-order valence-electron chi connectivity index (χ3n) is 2.27. The Kier molecular flexibility index (Phi) is 2.14. The van der Waals surface area contributed by atoms with Gasteiger partial charge in [0.05, 0.1) is 0 Å². The lowest BCUT2D eigenvalue weighted by Crippen LogP contribution is -2.50. The molecule has 0 amide bonds. The summed E-state index contributed by atoms with van der Waals surface area (Å²) in [7, 11) is 0. The number of hydrogen-bond donors (Lipinski definition) is 1. The van der Waals surface area contributed by atoms with E-state index in [2.05, 4.69) is 19.1 Å². The van der Waals surface area contributed by atoms with Crippen LogP contribution in [-0.4, -0.2) is 5.54 Å². The van der Waals surface area contributed by atoms with E-state index < -0.39 is 0 Å². The third-order valence-corrected chi connectivity index (χ3v) is 2.27. The summed E-state index contributed by atoms with van der Waals surface area (Å²) in [4.78, 5) is 0. The molecule has 2 N–H and O–H groups in total. The van der Waals surface area contributed by atoms with E-state index in [9.17, 15) is 0 Å². The van der Waals surface area contributed by atoms with Crippen molar-refractivity contribution in [2.75, 3.05) is 0 Å². The van der Waals surface area contributed by atoms with Crippen LogP contribution in [0.25, 0.3) is 0 Å². The molecule has 1 nitrogen and oxygen atoms in total. The van der Waals surface area contributed by atoms with Gasteiger partial charge in [0.1, 0.15) is 0 Å². The summed E-state index contributed by atoms with van der Waals surface area (Å²) in [5.74, 6) is 0.857. The molecule has 1 saturated carbocycles.